The molecule has 1 spiro atoms. The molecule has 9 N–H and O–H groups in total. The molecule has 0 amide bonds. The molecule has 2 unspecified atom stereocenters. The third-order valence-corrected chi connectivity index (χ3v) is 15.0. The summed E-state index contributed by atoms with van der Waals surface area (Å²) in [5.41, 5.74) is 17.8. The van der Waals surface area contributed by atoms with Gasteiger partial charge in [0.15, 0.2) is 0 Å². The first kappa shape index (κ1) is 38.2. The van der Waals surface area contributed by atoms with Crippen LogP contribution in [0.1, 0.15) is 72.6 Å². The van der Waals surface area contributed by atoms with Crippen LogP contribution < -0.4 is 26.8 Å². The number of thiazole rings is 1. The average Bonchev–Trinajstić information content (AvgIpc) is 3.76. The van der Waals surface area contributed by atoms with Crippen molar-refractivity contribution in [1.82, 2.24) is 20.5 Å². The van der Waals surface area contributed by atoms with Crippen LogP contribution in [0.3, 0.4) is 0 Å². The van der Waals surface area contributed by atoms with Crippen LogP contribution >= 0.6 is 11.3 Å². The fourth-order valence-electron chi connectivity index (χ4n) is 12.3. The van der Waals surface area contributed by atoms with E-state index >= 15 is 0 Å². The fourth-order valence-corrected chi connectivity index (χ4v) is 13.2. The predicted molar refractivity (Wildman–Crippen MR) is 222 cm³/mol. The zero-order chi connectivity index (χ0) is 39.8. The number of aliphatic hydroxyl groups excluding tert-OH is 1. The molecule has 0 radical (unpaired) electrons. The maximum absolute atomic E-state index is 10.6. The molecule has 2 atom stereocenters. The lowest BCUT2D eigenvalue weighted by Gasteiger charge is -2.82. The number of fused-ring (bicyclic) bond motifs is 2. The number of hydrogen-bond donors (Lipinski definition) is 7. The van der Waals surface area contributed by atoms with Gasteiger partial charge in [-0.1, -0.05) is 25.2 Å². The molecule has 1 aromatic carbocycles. The lowest BCUT2D eigenvalue weighted by molar-refractivity contribution is -0.396. The molecule has 5 fully saturated rings. The highest BCUT2D eigenvalue weighted by molar-refractivity contribution is 7.22. The molecule has 298 valence electrons. The molecule has 1 aromatic heterocycles. The summed E-state index contributed by atoms with van der Waals surface area (Å²) in [6.07, 6.45) is 12.2. The molecule has 6 aliphatic rings. The van der Waals surface area contributed by atoms with Gasteiger partial charge in [0.05, 0.1) is 29.5 Å². The monoisotopic (exact) mass is 781 g/mol. The maximum Gasteiger partial charge on any atom is 0.299 e. The number of aliphatic hydroxyl groups is 2. The molecule has 2 bridgehead atoms. The standard InChI is InChI=1S/C42H55N9O4S/c1-24(34(44)50-37-48-30-16-26(54-6)9-11-31(30)56-37)27-8-7-14-51(35(27)45)32-12-10-28(33(49-32)36(52)53)29(17-43)25(2)47-23-40-18-38(3)20-41(55-15-13-46-5)21-39(4,19-40)42(38,41)22-40/h9-12,16-17,45-46,49,52-53H,7-8,13-15,18-23,43H2,1-6H3,(H2,44,48,50). The van der Waals surface area contributed by atoms with Crippen LogP contribution in [0.15, 0.2) is 86.3 Å². The Morgan fingerprint density at radius 2 is 1.89 bits per heavy atom. The minimum absolute atomic E-state index is 0.000447. The second-order valence-electron chi connectivity index (χ2n) is 17.3. The Balaban J connectivity index is 1.01. The minimum atomic E-state index is -0.873. The number of aliphatic imine (C=N–C) groups is 2. The van der Waals surface area contributed by atoms with Gasteiger partial charge in [-0.05, 0) is 112 Å². The van der Waals surface area contributed by atoms with Gasteiger partial charge in [-0.2, -0.15) is 0 Å². The normalized spacial score (nSPS) is 33.4. The van der Waals surface area contributed by atoms with Crippen molar-refractivity contribution in [3.8, 4) is 5.75 Å². The van der Waals surface area contributed by atoms with Crippen LogP contribution in [0.5, 0.6) is 5.75 Å². The topological polar surface area (TPSA) is 200 Å². The van der Waals surface area contributed by atoms with Crippen molar-refractivity contribution in [2.45, 2.75) is 78.2 Å². The quantitative estimate of drug-likeness (QED) is 0.0532. The number of piperidine rings is 1. The number of rotatable bonds is 12. The van der Waals surface area contributed by atoms with Crippen molar-refractivity contribution in [3.05, 3.63) is 76.3 Å². The Kier molecular flexibility index (Phi) is 9.20. The van der Waals surface area contributed by atoms with Crippen LogP contribution in [-0.4, -0.2) is 83.5 Å². The highest BCUT2D eigenvalue weighted by Crippen LogP contribution is 2.95. The van der Waals surface area contributed by atoms with Crippen LogP contribution in [0.2, 0.25) is 0 Å². The number of nitrogens with zero attached hydrogens (tertiary/aromatic N) is 4. The maximum atomic E-state index is 10.6. The number of likely N-dealkylation sites (N-methyl/N-ethyl adjacent to an activating group) is 1. The van der Waals surface area contributed by atoms with Crippen LogP contribution in [0, 0.1) is 27.1 Å². The third kappa shape index (κ3) is 5.53. The van der Waals surface area contributed by atoms with E-state index in [1.54, 1.807) is 7.11 Å². The predicted octanol–water partition coefficient (Wildman–Crippen LogP) is 6.61. The van der Waals surface area contributed by atoms with E-state index in [0.717, 1.165) is 78.9 Å². The number of ether oxygens (including phenoxy) is 2. The Hall–Kier alpha value is -4.66. The van der Waals surface area contributed by atoms with E-state index in [1.165, 1.54) is 17.5 Å². The Morgan fingerprint density at radius 3 is 2.57 bits per heavy atom. The van der Waals surface area contributed by atoms with Crippen molar-refractivity contribution >= 4 is 44.1 Å². The van der Waals surface area contributed by atoms with Crippen LogP contribution in [0.4, 0.5) is 5.13 Å². The summed E-state index contributed by atoms with van der Waals surface area (Å²) in [6.45, 7) is 11.6. The van der Waals surface area contributed by atoms with E-state index in [0.29, 0.717) is 53.0 Å². The summed E-state index contributed by atoms with van der Waals surface area (Å²) in [7, 11) is 3.59. The SMILES string of the molecule is CNCCOC12CC3(C)CC4(CN=C(C)C(=CN)C5=CC=C(N6CCCC(=C(C)C(N)=Nc7nc8cc(OC)ccc8s7)C6=N)NC5=C(O)O)CC(C)(C1)C32C4. The summed E-state index contributed by atoms with van der Waals surface area (Å²) < 4.78 is 13.0. The number of likely N-dealkylation sites (tertiary alicyclic amines) is 1. The van der Waals surface area contributed by atoms with Crippen molar-refractivity contribution in [2.24, 2.45) is 43.1 Å². The van der Waals surface area contributed by atoms with E-state index in [9.17, 15) is 15.6 Å². The van der Waals surface area contributed by atoms with Crippen molar-refractivity contribution < 1.29 is 19.7 Å². The third-order valence-electron chi connectivity index (χ3n) is 14.0. The van der Waals surface area contributed by atoms with E-state index in [2.05, 4.69) is 34.5 Å². The molecule has 3 heterocycles. The lowest BCUT2D eigenvalue weighted by Crippen LogP contribution is -2.82. The Bertz CT molecular complexity index is 2200. The van der Waals surface area contributed by atoms with Crippen molar-refractivity contribution in [1.29, 1.82) is 5.41 Å². The number of nitrogens with two attached hydrogens (primary N) is 2. The van der Waals surface area contributed by atoms with Gasteiger partial charge in [0.1, 0.15) is 28.9 Å². The molecule has 56 heavy (non-hydrogen) atoms. The van der Waals surface area contributed by atoms with E-state index in [4.69, 9.17) is 25.9 Å². The summed E-state index contributed by atoms with van der Waals surface area (Å²) >= 11 is 1.43. The minimum Gasteiger partial charge on any atom is -0.497 e. The van der Waals surface area contributed by atoms with E-state index < -0.39 is 5.95 Å². The lowest BCUT2D eigenvalue weighted by atomic mass is 9.25. The molecular formula is C42H55N9O4S. The zero-order valence-electron chi connectivity index (χ0n) is 33.3. The highest BCUT2D eigenvalue weighted by atomic mass is 32.1. The van der Waals surface area contributed by atoms with Crippen LogP contribution in [0.25, 0.3) is 10.2 Å². The Morgan fingerprint density at radius 1 is 1.14 bits per heavy atom. The van der Waals surface area contributed by atoms with Crippen LogP contribution in [-0.2, 0) is 4.74 Å². The summed E-state index contributed by atoms with van der Waals surface area (Å²) in [5, 5.41) is 37.4. The zero-order valence-corrected chi connectivity index (χ0v) is 34.1. The number of aromatic nitrogens is 1. The number of methoxy groups -OCH3 is 1. The largest absolute Gasteiger partial charge is 0.497 e. The van der Waals surface area contributed by atoms with Crippen molar-refractivity contribution in [2.75, 3.05) is 40.4 Å². The fraction of sp³-hybridized carbons (Fsp3) is 0.524. The van der Waals surface area contributed by atoms with E-state index in [1.807, 2.05) is 56.1 Å². The molecule has 8 rings (SSSR count). The first-order valence-corrected chi connectivity index (χ1v) is 20.4. The first-order valence-electron chi connectivity index (χ1n) is 19.6. The smallest absolute Gasteiger partial charge is 0.299 e. The molecule has 14 heteroatoms. The van der Waals surface area contributed by atoms with Gasteiger partial charge < -0.3 is 46.7 Å². The van der Waals surface area contributed by atoms with Gasteiger partial charge in [-0.25, -0.2) is 9.98 Å². The van der Waals surface area contributed by atoms with Gasteiger partial charge in [-0.15, -0.1) is 0 Å². The molecular weight excluding hydrogens is 727 g/mol. The number of allylic oxidation sites excluding steroid dienone is 3. The second-order valence-corrected chi connectivity index (χ2v) is 18.3. The van der Waals surface area contributed by atoms with Gasteiger partial charge in [0, 0.05) is 59.7 Å². The van der Waals surface area contributed by atoms with Gasteiger partial charge in [-0.3, -0.25) is 10.4 Å². The van der Waals surface area contributed by atoms with Gasteiger partial charge in [0.25, 0.3) is 5.95 Å². The number of benzene rings is 1. The number of dihydropyridines is 1. The van der Waals surface area contributed by atoms with Gasteiger partial charge >= 0.3 is 0 Å². The Labute approximate surface area is 332 Å². The highest BCUT2D eigenvalue weighted by Gasteiger charge is 2.93. The van der Waals surface area contributed by atoms with Crippen molar-refractivity contribution in [3.63, 3.8) is 0 Å². The molecule has 4 aliphatic carbocycles. The molecule has 13 nitrogen and oxygen atoms in total. The molecule has 1 saturated heterocycles. The number of nitrogens with one attached hydrogen (secondary N) is 3. The summed E-state index contributed by atoms with van der Waals surface area (Å²) in [5.74, 6) is 0.929. The average molecular weight is 782 g/mol. The second kappa shape index (κ2) is 13.5. The van der Waals surface area contributed by atoms with Gasteiger partial charge in [0.2, 0.25) is 5.13 Å². The first-order chi connectivity index (χ1) is 26.7. The molecule has 4 saturated carbocycles. The number of hydrogen-bond acceptors (Lipinski definition) is 12. The molecule has 2 aromatic rings. The summed E-state index contributed by atoms with van der Waals surface area (Å²) in [6, 6.07) is 5.69. The molecule has 2 aliphatic heterocycles. The number of amidine groups is 2. The summed E-state index contributed by atoms with van der Waals surface area (Å²) in [4.78, 5) is 16.2. The van der Waals surface area contributed by atoms with E-state index in [-0.39, 0.29) is 38.8 Å².